The summed E-state index contributed by atoms with van der Waals surface area (Å²) in [6, 6.07) is 10.5. The van der Waals surface area contributed by atoms with E-state index >= 15 is 0 Å². The number of piperazine rings is 1. The number of nitro benzene ring substituents is 1. The first-order chi connectivity index (χ1) is 12.9. The van der Waals surface area contributed by atoms with Crippen LogP contribution in [-0.2, 0) is 4.79 Å². The van der Waals surface area contributed by atoms with Gasteiger partial charge in [-0.3, -0.25) is 19.8 Å². The molecule has 2 aromatic carbocycles. The number of anilines is 2. The third-order valence-corrected chi connectivity index (χ3v) is 4.66. The standard InChI is InChI=1S/C18H18ClFN4O3/c19-16-11-13(1-6-17(16)20)21-18(25)12-22-7-9-23(10-8-22)14-2-4-15(5-3-14)24(26)27/h1-6,11H,7-10,12H2,(H,21,25). The lowest BCUT2D eigenvalue weighted by molar-refractivity contribution is -0.384. The maximum absolute atomic E-state index is 13.2. The quantitative estimate of drug-likeness (QED) is 0.624. The second kappa shape index (κ2) is 8.32. The molecule has 1 aliphatic rings. The number of carbonyl (C=O) groups excluding carboxylic acids is 1. The molecule has 0 radical (unpaired) electrons. The molecule has 7 nitrogen and oxygen atoms in total. The van der Waals surface area contributed by atoms with Crippen molar-refractivity contribution in [2.45, 2.75) is 0 Å². The van der Waals surface area contributed by atoms with E-state index in [-0.39, 0.29) is 23.2 Å². The molecule has 1 heterocycles. The number of non-ortho nitro benzene ring substituents is 1. The summed E-state index contributed by atoms with van der Waals surface area (Å²) in [5.41, 5.74) is 1.44. The lowest BCUT2D eigenvalue weighted by Crippen LogP contribution is -2.48. The van der Waals surface area contributed by atoms with E-state index in [1.165, 1.54) is 30.3 Å². The second-order valence-corrected chi connectivity index (χ2v) is 6.62. The molecule has 2 aromatic rings. The van der Waals surface area contributed by atoms with E-state index in [9.17, 15) is 19.3 Å². The van der Waals surface area contributed by atoms with Crippen LogP contribution in [-0.4, -0.2) is 48.5 Å². The van der Waals surface area contributed by atoms with Gasteiger partial charge in [0.05, 0.1) is 16.5 Å². The summed E-state index contributed by atoms with van der Waals surface area (Å²) in [4.78, 5) is 26.6. The molecule has 0 aliphatic carbocycles. The molecule has 1 fully saturated rings. The zero-order valence-corrected chi connectivity index (χ0v) is 15.2. The molecule has 1 aliphatic heterocycles. The van der Waals surface area contributed by atoms with Crippen molar-refractivity contribution in [2.24, 2.45) is 0 Å². The Bertz CT molecular complexity index is 839. The number of nitro groups is 1. The first-order valence-electron chi connectivity index (χ1n) is 8.39. The Balaban J connectivity index is 1.49. The van der Waals surface area contributed by atoms with E-state index in [4.69, 9.17) is 11.6 Å². The topological polar surface area (TPSA) is 78.7 Å². The van der Waals surface area contributed by atoms with Crippen molar-refractivity contribution in [1.29, 1.82) is 0 Å². The molecule has 0 saturated carbocycles. The lowest BCUT2D eigenvalue weighted by atomic mass is 10.2. The van der Waals surface area contributed by atoms with Crippen LogP contribution < -0.4 is 10.2 Å². The molecular formula is C18H18ClFN4O3. The molecule has 1 amide bonds. The van der Waals surface area contributed by atoms with Gasteiger partial charge in [0.25, 0.3) is 5.69 Å². The smallest absolute Gasteiger partial charge is 0.269 e. The predicted molar refractivity (Wildman–Crippen MR) is 102 cm³/mol. The van der Waals surface area contributed by atoms with E-state index in [1.54, 1.807) is 12.1 Å². The lowest BCUT2D eigenvalue weighted by Gasteiger charge is -2.35. The van der Waals surface area contributed by atoms with Crippen LogP contribution in [0.15, 0.2) is 42.5 Å². The Morgan fingerprint density at radius 3 is 2.41 bits per heavy atom. The Morgan fingerprint density at radius 1 is 1.15 bits per heavy atom. The van der Waals surface area contributed by atoms with Crippen LogP contribution in [0, 0.1) is 15.9 Å². The largest absolute Gasteiger partial charge is 0.369 e. The van der Waals surface area contributed by atoms with Crippen LogP contribution >= 0.6 is 11.6 Å². The Kier molecular flexibility index (Phi) is 5.88. The third-order valence-electron chi connectivity index (χ3n) is 4.37. The average Bonchev–Trinajstić information content (AvgIpc) is 2.65. The molecule has 3 rings (SSSR count). The SMILES string of the molecule is O=C(CN1CCN(c2ccc([N+](=O)[O-])cc2)CC1)Nc1ccc(F)c(Cl)c1. The van der Waals surface area contributed by atoms with E-state index in [0.717, 1.165) is 5.69 Å². The highest BCUT2D eigenvalue weighted by molar-refractivity contribution is 6.31. The maximum atomic E-state index is 13.2. The van der Waals surface area contributed by atoms with Gasteiger partial charge in [0.15, 0.2) is 0 Å². The summed E-state index contributed by atoms with van der Waals surface area (Å²) in [6.45, 7) is 3.03. The van der Waals surface area contributed by atoms with Crippen molar-refractivity contribution in [2.75, 3.05) is 42.9 Å². The molecule has 0 unspecified atom stereocenters. The molecule has 0 aromatic heterocycles. The highest BCUT2D eigenvalue weighted by atomic mass is 35.5. The first-order valence-corrected chi connectivity index (χ1v) is 8.77. The zero-order chi connectivity index (χ0) is 19.4. The highest BCUT2D eigenvalue weighted by Gasteiger charge is 2.20. The number of carbonyl (C=O) groups is 1. The highest BCUT2D eigenvalue weighted by Crippen LogP contribution is 2.21. The van der Waals surface area contributed by atoms with Gasteiger partial charge in [0, 0.05) is 49.7 Å². The van der Waals surface area contributed by atoms with Crippen LogP contribution in [0.1, 0.15) is 0 Å². The number of rotatable bonds is 5. The van der Waals surface area contributed by atoms with Crippen molar-refractivity contribution in [3.8, 4) is 0 Å². The minimum Gasteiger partial charge on any atom is -0.369 e. The van der Waals surface area contributed by atoms with Crippen LogP contribution in [0.2, 0.25) is 5.02 Å². The van der Waals surface area contributed by atoms with Crippen molar-refractivity contribution in [3.63, 3.8) is 0 Å². The van der Waals surface area contributed by atoms with Gasteiger partial charge < -0.3 is 10.2 Å². The molecular weight excluding hydrogens is 375 g/mol. The second-order valence-electron chi connectivity index (χ2n) is 6.21. The fraction of sp³-hybridized carbons (Fsp3) is 0.278. The number of hydrogen-bond acceptors (Lipinski definition) is 5. The summed E-state index contributed by atoms with van der Waals surface area (Å²) in [7, 11) is 0. The van der Waals surface area contributed by atoms with E-state index < -0.39 is 10.7 Å². The molecule has 0 atom stereocenters. The van der Waals surface area contributed by atoms with Gasteiger partial charge in [-0.15, -0.1) is 0 Å². The number of halogens is 2. The molecule has 9 heteroatoms. The molecule has 0 spiro atoms. The van der Waals surface area contributed by atoms with E-state index in [0.29, 0.717) is 31.9 Å². The van der Waals surface area contributed by atoms with Gasteiger partial charge >= 0.3 is 0 Å². The number of nitrogens with zero attached hydrogens (tertiary/aromatic N) is 3. The van der Waals surface area contributed by atoms with Crippen molar-refractivity contribution >= 4 is 34.6 Å². The molecule has 142 valence electrons. The number of amides is 1. The van der Waals surface area contributed by atoms with Gasteiger partial charge in [0.2, 0.25) is 5.91 Å². The third kappa shape index (κ3) is 4.93. The first kappa shape index (κ1) is 19.1. The zero-order valence-electron chi connectivity index (χ0n) is 14.4. The van der Waals surface area contributed by atoms with Crippen molar-refractivity contribution in [1.82, 2.24) is 4.90 Å². The minimum absolute atomic E-state index is 0.0375. The molecule has 1 N–H and O–H groups in total. The van der Waals surface area contributed by atoms with E-state index in [1.807, 2.05) is 4.90 Å². The minimum atomic E-state index is -0.531. The van der Waals surface area contributed by atoms with Crippen molar-refractivity contribution in [3.05, 3.63) is 63.4 Å². The van der Waals surface area contributed by atoms with Crippen LogP contribution in [0.25, 0.3) is 0 Å². The summed E-state index contributed by atoms with van der Waals surface area (Å²) in [5.74, 6) is -0.724. The summed E-state index contributed by atoms with van der Waals surface area (Å²) >= 11 is 5.71. The molecule has 27 heavy (non-hydrogen) atoms. The van der Waals surface area contributed by atoms with Crippen molar-refractivity contribution < 1.29 is 14.1 Å². The van der Waals surface area contributed by atoms with Crippen LogP contribution in [0.4, 0.5) is 21.5 Å². The number of benzene rings is 2. The van der Waals surface area contributed by atoms with Gasteiger partial charge in [-0.05, 0) is 30.3 Å². The average molecular weight is 393 g/mol. The van der Waals surface area contributed by atoms with Crippen LogP contribution in [0.3, 0.4) is 0 Å². The van der Waals surface area contributed by atoms with Gasteiger partial charge in [0.1, 0.15) is 5.82 Å². The monoisotopic (exact) mass is 392 g/mol. The Hall–Kier alpha value is -2.71. The number of hydrogen-bond donors (Lipinski definition) is 1. The summed E-state index contributed by atoms with van der Waals surface area (Å²) < 4.78 is 13.2. The number of nitrogens with one attached hydrogen (secondary N) is 1. The molecule has 0 bridgehead atoms. The maximum Gasteiger partial charge on any atom is 0.269 e. The van der Waals surface area contributed by atoms with Gasteiger partial charge in [-0.25, -0.2) is 4.39 Å². The Morgan fingerprint density at radius 2 is 1.81 bits per heavy atom. The fourth-order valence-electron chi connectivity index (χ4n) is 2.93. The van der Waals surface area contributed by atoms with Gasteiger partial charge in [-0.2, -0.15) is 0 Å². The van der Waals surface area contributed by atoms with Gasteiger partial charge in [-0.1, -0.05) is 11.6 Å². The fourth-order valence-corrected chi connectivity index (χ4v) is 3.11. The Labute approximate surface area is 160 Å². The summed E-state index contributed by atoms with van der Waals surface area (Å²) in [5, 5.41) is 13.4. The van der Waals surface area contributed by atoms with E-state index in [2.05, 4.69) is 10.2 Å². The predicted octanol–water partition coefficient (Wildman–Crippen LogP) is 3.15. The van der Waals surface area contributed by atoms with Crippen LogP contribution in [0.5, 0.6) is 0 Å². The normalized spacial score (nSPS) is 14.8. The summed E-state index contributed by atoms with van der Waals surface area (Å²) in [6.07, 6.45) is 0. The molecule has 1 saturated heterocycles.